The summed E-state index contributed by atoms with van der Waals surface area (Å²) < 4.78 is 5.74. The number of fused-ring (bicyclic) bond motifs is 1. The largest absolute Gasteiger partial charge is 0.376 e. The van der Waals surface area contributed by atoms with E-state index in [1.165, 1.54) is 18.3 Å². The van der Waals surface area contributed by atoms with Crippen LogP contribution >= 0.6 is 11.3 Å². The van der Waals surface area contributed by atoms with Crippen LogP contribution in [0.5, 0.6) is 0 Å². The van der Waals surface area contributed by atoms with Gasteiger partial charge in [-0.05, 0) is 39.6 Å². The molecule has 6 heteroatoms. The zero-order valence-electron chi connectivity index (χ0n) is 12.5. The van der Waals surface area contributed by atoms with Crippen molar-refractivity contribution in [2.45, 2.75) is 31.5 Å². The first kappa shape index (κ1) is 14.7. The van der Waals surface area contributed by atoms with Gasteiger partial charge in [0.25, 0.3) is 5.91 Å². The molecule has 114 valence electrons. The number of ether oxygens (including phenoxy) is 1. The number of likely N-dealkylation sites (N-methyl/N-ethyl adjacent to an activating group) is 1. The fraction of sp³-hybridized carbons (Fsp3) is 0.600. The summed E-state index contributed by atoms with van der Waals surface area (Å²) in [6.07, 6.45) is 1.24. The molecule has 0 radical (unpaired) electrons. The molecule has 1 N–H and O–H groups in total. The van der Waals surface area contributed by atoms with Gasteiger partial charge in [-0.25, -0.2) is 0 Å². The van der Waals surface area contributed by atoms with Gasteiger partial charge >= 0.3 is 0 Å². The Morgan fingerprint density at radius 3 is 2.67 bits per heavy atom. The summed E-state index contributed by atoms with van der Waals surface area (Å²) >= 11 is 1.25. The molecule has 21 heavy (non-hydrogen) atoms. The van der Waals surface area contributed by atoms with E-state index in [1.54, 1.807) is 12.1 Å². The van der Waals surface area contributed by atoms with E-state index in [4.69, 9.17) is 4.74 Å². The lowest BCUT2D eigenvalue weighted by atomic mass is 9.71. The highest BCUT2D eigenvalue weighted by Crippen LogP contribution is 2.41. The third kappa shape index (κ3) is 2.52. The lowest BCUT2D eigenvalue weighted by Gasteiger charge is -2.50. The summed E-state index contributed by atoms with van der Waals surface area (Å²) in [6, 6.07) is 3.80. The third-order valence-corrected chi connectivity index (χ3v) is 5.60. The molecule has 2 fully saturated rings. The van der Waals surface area contributed by atoms with Gasteiger partial charge in [-0.3, -0.25) is 9.59 Å². The predicted molar refractivity (Wildman–Crippen MR) is 80.9 cm³/mol. The molecular formula is C15H20N2O3S. The Hall–Kier alpha value is -1.24. The minimum Gasteiger partial charge on any atom is -0.376 e. The quantitative estimate of drug-likeness (QED) is 0.854. The van der Waals surface area contributed by atoms with E-state index in [0.29, 0.717) is 15.7 Å². The van der Waals surface area contributed by atoms with E-state index in [0.717, 1.165) is 13.0 Å². The van der Waals surface area contributed by atoms with Gasteiger partial charge in [0.1, 0.15) is 0 Å². The number of hydrogen-bond donors (Lipinski definition) is 1. The topological polar surface area (TPSA) is 58.6 Å². The molecule has 1 saturated carbocycles. The molecule has 1 amide bonds. The van der Waals surface area contributed by atoms with Gasteiger partial charge < -0.3 is 15.0 Å². The summed E-state index contributed by atoms with van der Waals surface area (Å²) in [5.41, 5.74) is 0. The second-order valence-corrected chi connectivity index (χ2v) is 7.05. The highest BCUT2D eigenvalue weighted by Gasteiger charge is 2.55. The highest BCUT2D eigenvalue weighted by molar-refractivity contribution is 7.15. The van der Waals surface area contributed by atoms with Gasteiger partial charge in [0.05, 0.1) is 27.9 Å². The Kier molecular flexibility index (Phi) is 3.86. The van der Waals surface area contributed by atoms with Gasteiger partial charge in [-0.15, -0.1) is 11.3 Å². The Bertz CT molecular complexity index is 569. The zero-order chi connectivity index (χ0) is 15.1. The van der Waals surface area contributed by atoms with Gasteiger partial charge in [0.2, 0.25) is 0 Å². The molecule has 1 aromatic heterocycles. The minimum absolute atomic E-state index is 0.00174. The number of hydrogen-bond acceptors (Lipinski definition) is 5. The molecule has 1 aliphatic heterocycles. The first-order chi connectivity index (χ1) is 9.99. The van der Waals surface area contributed by atoms with Crippen molar-refractivity contribution in [2.75, 3.05) is 20.7 Å². The van der Waals surface area contributed by atoms with Crippen molar-refractivity contribution in [3.8, 4) is 0 Å². The Balaban J connectivity index is 1.70. The van der Waals surface area contributed by atoms with Crippen LogP contribution in [0.2, 0.25) is 0 Å². The summed E-state index contributed by atoms with van der Waals surface area (Å²) in [6.45, 7) is 2.29. The normalized spacial score (nSPS) is 30.9. The lowest BCUT2D eigenvalue weighted by molar-refractivity contribution is -0.0663. The first-order valence-corrected chi connectivity index (χ1v) is 8.00. The van der Waals surface area contributed by atoms with Crippen molar-refractivity contribution in [1.82, 2.24) is 10.2 Å². The standard InChI is InChI=1S/C15H20N2O3S/c1-8(18)10-4-5-11(21-10)15(19)16-12-9-6-7-20-14(9)13(12)17(2)3/h4-5,9,12-14H,6-7H2,1-3H3,(H,16,19)/t9-,12+,13-,14-/m0/s1. The number of rotatable bonds is 4. The number of amides is 1. The first-order valence-electron chi connectivity index (χ1n) is 7.18. The van der Waals surface area contributed by atoms with Gasteiger partial charge in [0.15, 0.2) is 5.78 Å². The average Bonchev–Trinajstić information content (AvgIpc) is 3.02. The molecule has 5 nitrogen and oxygen atoms in total. The second-order valence-electron chi connectivity index (χ2n) is 5.96. The van der Waals surface area contributed by atoms with E-state index >= 15 is 0 Å². The smallest absolute Gasteiger partial charge is 0.261 e. The summed E-state index contributed by atoms with van der Waals surface area (Å²) in [7, 11) is 4.03. The Labute approximate surface area is 128 Å². The number of carbonyl (C=O) groups excluding carboxylic acids is 2. The number of thiophene rings is 1. The fourth-order valence-electron chi connectivity index (χ4n) is 3.36. The van der Waals surface area contributed by atoms with Crippen molar-refractivity contribution >= 4 is 23.0 Å². The van der Waals surface area contributed by atoms with Crippen LogP contribution in [0.25, 0.3) is 0 Å². The van der Waals surface area contributed by atoms with E-state index in [-0.39, 0.29) is 29.9 Å². The van der Waals surface area contributed by atoms with E-state index < -0.39 is 0 Å². The summed E-state index contributed by atoms with van der Waals surface area (Å²) in [5.74, 6) is 0.321. The van der Waals surface area contributed by atoms with Crippen molar-refractivity contribution in [1.29, 1.82) is 0 Å². The molecule has 0 aromatic carbocycles. The van der Waals surface area contributed by atoms with E-state index in [9.17, 15) is 9.59 Å². The van der Waals surface area contributed by atoms with Crippen LogP contribution in [0.4, 0.5) is 0 Å². The predicted octanol–water partition coefficient (Wildman–Crippen LogP) is 1.40. The van der Waals surface area contributed by atoms with Crippen LogP contribution < -0.4 is 5.32 Å². The van der Waals surface area contributed by atoms with Crippen LogP contribution in [-0.2, 0) is 4.74 Å². The van der Waals surface area contributed by atoms with Crippen molar-refractivity contribution in [3.63, 3.8) is 0 Å². The number of nitrogens with one attached hydrogen (secondary N) is 1. The lowest BCUT2D eigenvalue weighted by Crippen LogP contribution is -2.69. The fourth-order valence-corrected chi connectivity index (χ4v) is 4.16. The van der Waals surface area contributed by atoms with Crippen LogP contribution in [0, 0.1) is 5.92 Å². The van der Waals surface area contributed by atoms with Crippen molar-refractivity contribution in [3.05, 3.63) is 21.9 Å². The van der Waals surface area contributed by atoms with Crippen LogP contribution in [-0.4, -0.2) is 55.5 Å². The highest BCUT2D eigenvalue weighted by atomic mass is 32.1. The van der Waals surface area contributed by atoms with Gasteiger partial charge in [-0.1, -0.05) is 0 Å². The number of Topliss-reactive ketones (excluding diaryl/α,β-unsaturated/α-hetero) is 1. The van der Waals surface area contributed by atoms with Gasteiger partial charge in [0, 0.05) is 12.5 Å². The summed E-state index contributed by atoms with van der Waals surface area (Å²) in [4.78, 5) is 27.0. The number of nitrogens with zero attached hydrogens (tertiary/aromatic N) is 1. The molecule has 2 aliphatic rings. The third-order valence-electron chi connectivity index (χ3n) is 4.42. The molecular weight excluding hydrogens is 288 g/mol. The molecule has 0 bridgehead atoms. The van der Waals surface area contributed by atoms with E-state index in [2.05, 4.69) is 10.2 Å². The molecule has 0 spiro atoms. The van der Waals surface area contributed by atoms with Crippen LogP contribution in [0.15, 0.2) is 12.1 Å². The van der Waals surface area contributed by atoms with Crippen molar-refractivity contribution < 1.29 is 14.3 Å². The maximum Gasteiger partial charge on any atom is 0.261 e. The molecule has 1 aliphatic carbocycles. The maximum absolute atomic E-state index is 12.4. The number of ketones is 1. The SMILES string of the molecule is CC(=O)c1ccc(C(=O)N[C@@H]2[C@@H]3CCO[C@@H]3[C@H]2N(C)C)s1. The molecule has 3 rings (SSSR count). The maximum atomic E-state index is 12.4. The number of carbonyl (C=O) groups is 2. The van der Waals surface area contributed by atoms with Crippen LogP contribution in [0.1, 0.15) is 32.7 Å². The minimum atomic E-state index is -0.0882. The van der Waals surface area contributed by atoms with Gasteiger partial charge in [-0.2, -0.15) is 0 Å². The molecule has 1 saturated heterocycles. The van der Waals surface area contributed by atoms with Crippen LogP contribution in [0.3, 0.4) is 0 Å². The Morgan fingerprint density at radius 1 is 1.33 bits per heavy atom. The summed E-state index contributed by atoms with van der Waals surface area (Å²) in [5, 5.41) is 3.13. The zero-order valence-corrected chi connectivity index (χ0v) is 13.3. The monoisotopic (exact) mass is 308 g/mol. The second kappa shape index (κ2) is 5.51. The molecule has 4 atom stereocenters. The van der Waals surface area contributed by atoms with E-state index in [1.807, 2.05) is 14.1 Å². The Morgan fingerprint density at radius 2 is 2.05 bits per heavy atom. The molecule has 2 heterocycles. The molecule has 0 unspecified atom stereocenters. The average molecular weight is 308 g/mol. The molecule has 1 aromatic rings. The van der Waals surface area contributed by atoms with Crippen molar-refractivity contribution in [2.24, 2.45) is 5.92 Å².